The van der Waals surface area contributed by atoms with E-state index in [0.717, 1.165) is 37.2 Å². The molecule has 1 spiro atoms. The molecule has 7 heteroatoms. The maximum absolute atomic E-state index is 4.98. The third kappa shape index (κ3) is 3.84. The van der Waals surface area contributed by atoms with Crippen molar-refractivity contribution in [1.82, 2.24) is 29.9 Å². The summed E-state index contributed by atoms with van der Waals surface area (Å²) in [4.78, 5) is 10.1. The smallest absolute Gasteiger partial charge is 0.194 e. The van der Waals surface area contributed by atoms with Crippen LogP contribution in [0.1, 0.15) is 57.1 Å². The van der Waals surface area contributed by atoms with Crippen LogP contribution >= 0.6 is 0 Å². The van der Waals surface area contributed by atoms with Crippen molar-refractivity contribution in [1.29, 1.82) is 0 Å². The summed E-state index contributed by atoms with van der Waals surface area (Å²) in [5.74, 6) is 2.94. The molecule has 1 aromatic rings. The molecule has 0 radical (unpaired) electrons. The van der Waals surface area contributed by atoms with Crippen LogP contribution in [0.25, 0.3) is 0 Å². The molecule has 27 heavy (non-hydrogen) atoms. The van der Waals surface area contributed by atoms with E-state index in [0.29, 0.717) is 18.0 Å². The molecule has 1 N–H and O–H groups in total. The zero-order valence-corrected chi connectivity index (χ0v) is 17.2. The highest BCUT2D eigenvalue weighted by Gasteiger charge is 2.43. The first-order valence-electron chi connectivity index (χ1n) is 10.7. The first-order chi connectivity index (χ1) is 13.1. The number of rotatable bonds is 5. The van der Waals surface area contributed by atoms with E-state index >= 15 is 0 Å². The van der Waals surface area contributed by atoms with Crippen molar-refractivity contribution in [3.8, 4) is 0 Å². The largest absolute Gasteiger partial charge is 0.355 e. The molecule has 4 rings (SSSR count). The number of aryl methyl sites for hydroxylation is 1. The lowest BCUT2D eigenvalue weighted by molar-refractivity contribution is 0.151. The number of aromatic nitrogens is 3. The Morgan fingerprint density at radius 2 is 2.07 bits per heavy atom. The lowest BCUT2D eigenvalue weighted by Crippen LogP contribution is -2.47. The summed E-state index contributed by atoms with van der Waals surface area (Å²) in [6, 6.07) is 0.637. The van der Waals surface area contributed by atoms with Crippen molar-refractivity contribution in [3.63, 3.8) is 0 Å². The summed E-state index contributed by atoms with van der Waals surface area (Å²) in [5.41, 5.74) is 0.576. The normalized spacial score (nSPS) is 25.4. The Kier molecular flexibility index (Phi) is 5.39. The molecule has 7 nitrogen and oxygen atoms in total. The summed E-state index contributed by atoms with van der Waals surface area (Å²) < 4.78 is 2.04. The van der Waals surface area contributed by atoms with Crippen LogP contribution in [-0.4, -0.2) is 69.3 Å². The fourth-order valence-electron chi connectivity index (χ4n) is 4.95. The van der Waals surface area contributed by atoms with Gasteiger partial charge in [0.15, 0.2) is 11.8 Å². The maximum atomic E-state index is 4.98. The van der Waals surface area contributed by atoms with Crippen LogP contribution in [0.5, 0.6) is 0 Å². The Morgan fingerprint density at radius 3 is 2.70 bits per heavy atom. The molecule has 0 bridgehead atoms. The molecule has 1 saturated carbocycles. The van der Waals surface area contributed by atoms with E-state index in [4.69, 9.17) is 4.99 Å². The van der Waals surface area contributed by atoms with Crippen molar-refractivity contribution in [2.24, 2.45) is 17.5 Å². The molecule has 1 unspecified atom stereocenters. The third-order valence-corrected chi connectivity index (χ3v) is 7.11. The molecule has 0 amide bonds. The van der Waals surface area contributed by atoms with E-state index in [1.54, 1.807) is 0 Å². The number of aliphatic imine (C=N–C) groups is 1. The predicted octanol–water partition coefficient (Wildman–Crippen LogP) is 1.93. The number of hydrogen-bond donors (Lipinski definition) is 1. The van der Waals surface area contributed by atoms with Gasteiger partial charge in [-0.25, -0.2) is 4.99 Å². The second-order valence-corrected chi connectivity index (χ2v) is 8.69. The molecule has 2 saturated heterocycles. The molecular weight excluding hydrogens is 338 g/mol. The monoisotopic (exact) mass is 373 g/mol. The number of nitrogens with zero attached hydrogens (tertiary/aromatic N) is 6. The SMILES string of the molecule is CCN1CCCC1CNC(=NCc1nnc(C)n1C)N1CCC2(CCC2)C1. The first-order valence-corrected chi connectivity index (χ1v) is 10.7. The van der Waals surface area contributed by atoms with Crippen LogP contribution in [0.15, 0.2) is 4.99 Å². The third-order valence-electron chi connectivity index (χ3n) is 7.11. The van der Waals surface area contributed by atoms with E-state index < -0.39 is 0 Å². The van der Waals surface area contributed by atoms with Crippen molar-refractivity contribution < 1.29 is 0 Å². The van der Waals surface area contributed by atoms with Crippen LogP contribution in [0.3, 0.4) is 0 Å². The highest BCUT2D eigenvalue weighted by Crippen LogP contribution is 2.47. The minimum absolute atomic E-state index is 0.576. The maximum Gasteiger partial charge on any atom is 0.194 e. The predicted molar refractivity (Wildman–Crippen MR) is 108 cm³/mol. The Labute approximate surface area is 163 Å². The van der Waals surface area contributed by atoms with Gasteiger partial charge < -0.3 is 14.8 Å². The highest BCUT2D eigenvalue weighted by molar-refractivity contribution is 5.80. The number of nitrogens with one attached hydrogen (secondary N) is 1. The molecule has 3 aliphatic rings. The Morgan fingerprint density at radius 1 is 1.22 bits per heavy atom. The quantitative estimate of drug-likeness (QED) is 0.631. The number of hydrogen-bond acceptors (Lipinski definition) is 4. The summed E-state index contributed by atoms with van der Waals surface area (Å²) in [7, 11) is 2.02. The summed E-state index contributed by atoms with van der Waals surface area (Å²) in [5, 5.41) is 12.2. The van der Waals surface area contributed by atoms with Crippen molar-refractivity contribution >= 4 is 5.96 Å². The fourth-order valence-corrected chi connectivity index (χ4v) is 4.95. The van der Waals surface area contributed by atoms with Crippen LogP contribution in [0, 0.1) is 12.3 Å². The van der Waals surface area contributed by atoms with Crippen LogP contribution in [-0.2, 0) is 13.6 Å². The molecule has 3 heterocycles. The molecular formula is C20H35N7. The summed E-state index contributed by atoms with van der Waals surface area (Å²) in [6.45, 7) is 10.5. The molecule has 1 aromatic heterocycles. The molecule has 2 aliphatic heterocycles. The van der Waals surface area contributed by atoms with Crippen molar-refractivity contribution in [2.45, 2.75) is 65.0 Å². The topological polar surface area (TPSA) is 61.6 Å². The highest BCUT2D eigenvalue weighted by atomic mass is 15.3. The minimum Gasteiger partial charge on any atom is -0.355 e. The molecule has 150 valence electrons. The lowest BCUT2D eigenvalue weighted by Gasteiger charge is -2.38. The Bertz CT molecular complexity index is 676. The van der Waals surface area contributed by atoms with Gasteiger partial charge in [0, 0.05) is 32.7 Å². The number of likely N-dealkylation sites (tertiary alicyclic amines) is 2. The summed E-state index contributed by atoms with van der Waals surface area (Å²) in [6.07, 6.45) is 8.12. The average Bonchev–Trinajstić information content (AvgIpc) is 3.35. The number of guanidine groups is 1. The van der Waals surface area contributed by atoms with Gasteiger partial charge in [0.2, 0.25) is 0 Å². The van der Waals surface area contributed by atoms with Crippen LogP contribution in [0.4, 0.5) is 0 Å². The van der Waals surface area contributed by atoms with Gasteiger partial charge >= 0.3 is 0 Å². The van der Waals surface area contributed by atoms with Gasteiger partial charge in [-0.2, -0.15) is 0 Å². The molecule has 1 atom stereocenters. The van der Waals surface area contributed by atoms with Crippen molar-refractivity contribution in [2.75, 3.05) is 32.7 Å². The van der Waals surface area contributed by atoms with E-state index in [1.165, 1.54) is 51.6 Å². The minimum atomic E-state index is 0.576. The summed E-state index contributed by atoms with van der Waals surface area (Å²) >= 11 is 0. The standard InChI is InChI=1S/C20H35N7/c1-4-26-11-5-7-17(26)13-21-19(22-14-18-24-23-16(2)25(18)3)27-12-10-20(15-27)8-6-9-20/h17H,4-15H2,1-3H3,(H,21,22). The van der Waals surface area contributed by atoms with E-state index in [-0.39, 0.29) is 0 Å². The lowest BCUT2D eigenvalue weighted by atomic mass is 9.68. The number of likely N-dealkylation sites (N-methyl/N-ethyl adjacent to an activating group) is 1. The van der Waals surface area contributed by atoms with Crippen molar-refractivity contribution in [3.05, 3.63) is 11.6 Å². The second-order valence-electron chi connectivity index (χ2n) is 8.69. The van der Waals surface area contributed by atoms with Gasteiger partial charge in [-0.05, 0) is 57.5 Å². The first kappa shape index (κ1) is 18.7. The molecule has 3 fully saturated rings. The Balaban J connectivity index is 1.44. The van der Waals surface area contributed by atoms with Gasteiger partial charge in [0.05, 0.1) is 0 Å². The van der Waals surface area contributed by atoms with E-state index in [2.05, 4.69) is 32.2 Å². The van der Waals surface area contributed by atoms with E-state index in [9.17, 15) is 0 Å². The van der Waals surface area contributed by atoms with Crippen LogP contribution < -0.4 is 5.32 Å². The van der Waals surface area contributed by atoms with Gasteiger partial charge in [-0.1, -0.05) is 13.3 Å². The van der Waals surface area contributed by atoms with Gasteiger partial charge in [0.25, 0.3) is 0 Å². The Hall–Kier alpha value is -1.63. The zero-order chi connectivity index (χ0) is 18.9. The van der Waals surface area contributed by atoms with Gasteiger partial charge in [0.1, 0.15) is 12.4 Å². The van der Waals surface area contributed by atoms with Gasteiger partial charge in [-0.3, -0.25) is 4.90 Å². The van der Waals surface area contributed by atoms with Gasteiger partial charge in [-0.15, -0.1) is 10.2 Å². The molecule has 0 aromatic carbocycles. The van der Waals surface area contributed by atoms with E-state index in [1.807, 2.05) is 18.5 Å². The fraction of sp³-hybridized carbons (Fsp3) is 0.850. The second kappa shape index (κ2) is 7.78. The zero-order valence-electron chi connectivity index (χ0n) is 17.2. The average molecular weight is 374 g/mol. The molecule has 1 aliphatic carbocycles. The van der Waals surface area contributed by atoms with Crippen LogP contribution in [0.2, 0.25) is 0 Å².